The zero-order valence-corrected chi connectivity index (χ0v) is 22.9. The molecule has 0 unspecified atom stereocenters. The van der Waals surface area contributed by atoms with E-state index in [0.29, 0.717) is 0 Å². The summed E-state index contributed by atoms with van der Waals surface area (Å²) in [6.07, 6.45) is 10.3. The number of nitrogens with zero attached hydrogens (tertiary/aromatic N) is 3. The van der Waals surface area contributed by atoms with Crippen molar-refractivity contribution in [3.63, 3.8) is 0 Å². The van der Waals surface area contributed by atoms with Gasteiger partial charge in [0.25, 0.3) is 5.91 Å². The van der Waals surface area contributed by atoms with Crippen LogP contribution in [0.15, 0.2) is 35.5 Å². The third-order valence-corrected chi connectivity index (χ3v) is 6.88. The first-order valence-corrected chi connectivity index (χ1v) is 14.0. The number of aromatic nitrogens is 3. The van der Waals surface area contributed by atoms with Crippen molar-refractivity contribution in [2.75, 3.05) is 18.5 Å². The SMILES string of the molecule is CCCCCCCCCCCCOC(=O)c1cnccc1C(=O)Nc1ccn([C@@H]2O[C@H](CO)[C@@H](O)[C@@H]2O)c(=O)n1. The van der Waals surface area contributed by atoms with Gasteiger partial charge in [-0.2, -0.15) is 4.98 Å². The van der Waals surface area contributed by atoms with Crippen LogP contribution < -0.4 is 11.0 Å². The summed E-state index contributed by atoms with van der Waals surface area (Å²) in [4.78, 5) is 45.8. The number of aliphatic hydroxyl groups excluding tert-OH is 3. The molecule has 0 aromatic carbocycles. The average Bonchev–Trinajstić information content (AvgIpc) is 3.24. The summed E-state index contributed by atoms with van der Waals surface area (Å²) in [5.41, 5.74) is -0.858. The van der Waals surface area contributed by atoms with Crippen molar-refractivity contribution in [2.45, 2.75) is 95.7 Å². The van der Waals surface area contributed by atoms with Crippen LogP contribution in [0.2, 0.25) is 0 Å². The number of pyridine rings is 1. The van der Waals surface area contributed by atoms with Gasteiger partial charge in [-0.3, -0.25) is 14.3 Å². The predicted octanol–water partition coefficient (Wildman–Crippen LogP) is 2.58. The van der Waals surface area contributed by atoms with E-state index in [9.17, 15) is 29.7 Å². The van der Waals surface area contributed by atoms with E-state index in [1.165, 1.54) is 75.7 Å². The number of carbonyl (C=O) groups excluding carboxylic acids is 2. The highest BCUT2D eigenvalue weighted by Gasteiger charge is 2.43. The molecule has 12 heteroatoms. The van der Waals surface area contributed by atoms with Gasteiger partial charge in [0.1, 0.15) is 24.1 Å². The molecule has 1 fully saturated rings. The van der Waals surface area contributed by atoms with Crippen molar-refractivity contribution in [3.05, 3.63) is 52.3 Å². The summed E-state index contributed by atoms with van der Waals surface area (Å²) in [5.74, 6) is -1.45. The Labute approximate surface area is 233 Å². The molecule has 0 saturated carbocycles. The summed E-state index contributed by atoms with van der Waals surface area (Å²) in [6, 6.07) is 2.67. The van der Waals surface area contributed by atoms with E-state index in [1.807, 2.05) is 0 Å². The third kappa shape index (κ3) is 8.65. The Morgan fingerprint density at radius 3 is 2.30 bits per heavy atom. The Hall–Kier alpha value is -3.19. The fraction of sp³-hybridized carbons (Fsp3) is 0.607. The zero-order valence-electron chi connectivity index (χ0n) is 22.9. The molecule has 40 heavy (non-hydrogen) atoms. The van der Waals surface area contributed by atoms with E-state index in [4.69, 9.17) is 9.47 Å². The lowest BCUT2D eigenvalue weighted by molar-refractivity contribution is -0.0549. The summed E-state index contributed by atoms with van der Waals surface area (Å²) in [6.45, 7) is 1.91. The number of amides is 1. The lowest BCUT2D eigenvalue weighted by atomic mass is 10.1. The number of hydrogen-bond donors (Lipinski definition) is 4. The molecule has 3 heterocycles. The van der Waals surface area contributed by atoms with Crippen molar-refractivity contribution in [1.29, 1.82) is 0 Å². The largest absolute Gasteiger partial charge is 0.462 e. The molecule has 2 aromatic heterocycles. The topological polar surface area (TPSA) is 173 Å². The Kier molecular flexibility index (Phi) is 12.7. The van der Waals surface area contributed by atoms with Crippen LogP contribution in [-0.2, 0) is 9.47 Å². The van der Waals surface area contributed by atoms with Gasteiger partial charge in [0.2, 0.25) is 0 Å². The predicted molar refractivity (Wildman–Crippen MR) is 146 cm³/mol. The Balaban J connectivity index is 1.49. The van der Waals surface area contributed by atoms with E-state index >= 15 is 0 Å². The van der Waals surface area contributed by atoms with E-state index in [-0.39, 0.29) is 23.6 Å². The monoisotopic (exact) mass is 560 g/mol. The van der Waals surface area contributed by atoms with Gasteiger partial charge in [0.15, 0.2) is 6.23 Å². The summed E-state index contributed by atoms with van der Waals surface area (Å²) < 4.78 is 11.7. The van der Waals surface area contributed by atoms with Crippen LogP contribution in [0, 0.1) is 0 Å². The molecule has 2 aromatic rings. The quantitative estimate of drug-likeness (QED) is 0.176. The molecule has 4 N–H and O–H groups in total. The molecule has 0 spiro atoms. The maximum absolute atomic E-state index is 12.9. The highest BCUT2D eigenvalue weighted by molar-refractivity contribution is 6.10. The molecule has 3 rings (SSSR count). The van der Waals surface area contributed by atoms with E-state index in [0.717, 1.165) is 23.8 Å². The second kappa shape index (κ2) is 16.2. The minimum Gasteiger partial charge on any atom is -0.462 e. The number of nitrogens with one attached hydrogen (secondary N) is 1. The van der Waals surface area contributed by atoms with Gasteiger partial charge in [-0.15, -0.1) is 0 Å². The number of ether oxygens (including phenoxy) is 2. The molecule has 1 saturated heterocycles. The molecule has 12 nitrogen and oxygen atoms in total. The molecule has 0 radical (unpaired) electrons. The Morgan fingerprint density at radius 1 is 1.00 bits per heavy atom. The van der Waals surface area contributed by atoms with Crippen LogP contribution in [0.25, 0.3) is 0 Å². The first-order chi connectivity index (χ1) is 19.4. The van der Waals surface area contributed by atoms with Gasteiger partial charge in [-0.1, -0.05) is 64.7 Å². The fourth-order valence-electron chi connectivity index (χ4n) is 4.56. The van der Waals surface area contributed by atoms with Gasteiger partial charge < -0.3 is 30.1 Å². The highest BCUT2D eigenvalue weighted by Crippen LogP contribution is 2.28. The fourth-order valence-corrected chi connectivity index (χ4v) is 4.56. The average molecular weight is 561 g/mol. The number of unbranched alkanes of at least 4 members (excludes halogenated alkanes) is 9. The maximum atomic E-state index is 12.9. The Morgan fingerprint density at radius 2 is 1.68 bits per heavy atom. The molecule has 1 amide bonds. The van der Waals surface area contributed by atoms with E-state index < -0.39 is 48.7 Å². The molecule has 1 aliphatic rings. The van der Waals surface area contributed by atoms with Crippen LogP contribution in [0.5, 0.6) is 0 Å². The lowest BCUT2D eigenvalue weighted by Crippen LogP contribution is -2.36. The van der Waals surface area contributed by atoms with Gasteiger partial charge >= 0.3 is 11.7 Å². The van der Waals surface area contributed by atoms with E-state index in [2.05, 4.69) is 22.2 Å². The van der Waals surface area contributed by atoms with Crippen LogP contribution in [0.3, 0.4) is 0 Å². The number of esters is 1. The first-order valence-electron chi connectivity index (χ1n) is 14.0. The molecular formula is C28H40N4O8. The zero-order chi connectivity index (χ0) is 28.9. The van der Waals surface area contributed by atoms with Gasteiger partial charge in [-0.05, 0) is 18.6 Å². The summed E-state index contributed by atoms with van der Waals surface area (Å²) in [5, 5.41) is 31.8. The van der Waals surface area contributed by atoms with Crippen LogP contribution in [-0.4, -0.2) is 73.3 Å². The number of hydrogen-bond acceptors (Lipinski definition) is 10. The van der Waals surface area contributed by atoms with E-state index in [1.54, 1.807) is 0 Å². The van der Waals surface area contributed by atoms with Crippen molar-refractivity contribution in [3.8, 4) is 0 Å². The number of carbonyl (C=O) groups is 2. The van der Waals surface area contributed by atoms with Gasteiger partial charge in [-0.25, -0.2) is 9.59 Å². The van der Waals surface area contributed by atoms with Crippen molar-refractivity contribution >= 4 is 17.7 Å². The van der Waals surface area contributed by atoms with Crippen LogP contribution in [0.4, 0.5) is 5.82 Å². The normalized spacial score (nSPS) is 20.4. The summed E-state index contributed by atoms with van der Waals surface area (Å²) >= 11 is 0. The van der Waals surface area contributed by atoms with Gasteiger partial charge in [0, 0.05) is 18.6 Å². The summed E-state index contributed by atoms with van der Waals surface area (Å²) in [7, 11) is 0. The molecule has 1 aliphatic heterocycles. The maximum Gasteiger partial charge on any atom is 0.351 e. The second-order valence-corrected chi connectivity index (χ2v) is 9.92. The highest BCUT2D eigenvalue weighted by atomic mass is 16.6. The molecular weight excluding hydrogens is 520 g/mol. The first kappa shape index (κ1) is 31.3. The number of aliphatic hydroxyl groups is 3. The van der Waals surface area contributed by atoms with Crippen molar-refractivity contribution < 1.29 is 34.4 Å². The molecule has 0 bridgehead atoms. The lowest BCUT2D eigenvalue weighted by Gasteiger charge is -2.17. The number of rotatable bonds is 16. The third-order valence-electron chi connectivity index (χ3n) is 6.88. The number of anilines is 1. The van der Waals surface area contributed by atoms with Crippen LogP contribution in [0.1, 0.15) is 98.1 Å². The second-order valence-electron chi connectivity index (χ2n) is 9.92. The van der Waals surface area contributed by atoms with Crippen molar-refractivity contribution in [1.82, 2.24) is 14.5 Å². The van der Waals surface area contributed by atoms with Crippen LogP contribution >= 0.6 is 0 Å². The molecule has 220 valence electrons. The Bertz CT molecular complexity index is 1160. The van der Waals surface area contributed by atoms with Crippen molar-refractivity contribution in [2.24, 2.45) is 0 Å². The van der Waals surface area contributed by atoms with Gasteiger partial charge in [0.05, 0.1) is 24.3 Å². The standard InChI is InChI=1S/C28H40N4O8/c1-2-3-4-5-6-7-8-9-10-11-16-39-27(37)20-17-29-14-12-19(20)25(36)30-22-13-15-32(28(38)31-22)26-24(35)23(34)21(18-33)40-26/h12-15,17,21,23-24,26,33-35H,2-11,16,18H2,1H3,(H,30,31,36,38)/t21-,23-,24+,26-/m1/s1. The smallest absolute Gasteiger partial charge is 0.351 e. The molecule has 4 atom stereocenters. The minimum atomic E-state index is -1.46. The minimum absolute atomic E-state index is 0.00747. The molecule has 0 aliphatic carbocycles.